The molecule has 0 saturated carbocycles. The lowest BCUT2D eigenvalue weighted by Crippen LogP contribution is -2.20. The van der Waals surface area contributed by atoms with E-state index in [1.54, 1.807) is 12.1 Å². The monoisotopic (exact) mass is 401 g/mol. The number of hydrogen-bond acceptors (Lipinski definition) is 4. The van der Waals surface area contributed by atoms with E-state index >= 15 is 0 Å². The summed E-state index contributed by atoms with van der Waals surface area (Å²) in [4.78, 5) is 24.8. The molecule has 0 aliphatic rings. The molecule has 146 valence electrons. The van der Waals surface area contributed by atoms with Gasteiger partial charge in [0, 0.05) is 23.2 Å². The Bertz CT molecular complexity index is 902. The SMILES string of the molecule is Cc1cc(C(=O)COC(=O)c2ccccc2[S@](C)=O)c(C)n1CC(F)(F)F. The molecule has 0 aliphatic heterocycles. The molecule has 0 aliphatic carbocycles. The van der Waals surface area contributed by atoms with Crippen molar-refractivity contribution in [2.75, 3.05) is 12.9 Å². The number of aryl methyl sites for hydroxylation is 1. The maximum absolute atomic E-state index is 12.7. The summed E-state index contributed by atoms with van der Waals surface area (Å²) in [5.74, 6) is -1.43. The molecule has 1 atom stereocenters. The molecular formula is C18H18F3NO4S. The summed E-state index contributed by atoms with van der Waals surface area (Å²) < 4.78 is 55.6. The van der Waals surface area contributed by atoms with Crippen molar-refractivity contribution >= 4 is 22.6 Å². The first-order chi connectivity index (χ1) is 12.5. The molecule has 5 nitrogen and oxygen atoms in total. The van der Waals surface area contributed by atoms with Crippen molar-refractivity contribution in [1.29, 1.82) is 0 Å². The van der Waals surface area contributed by atoms with Gasteiger partial charge in [0.1, 0.15) is 6.54 Å². The smallest absolute Gasteiger partial charge is 0.406 e. The van der Waals surface area contributed by atoms with Crippen LogP contribution in [0.5, 0.6) is 0 Å². The molecule has 2 rings (SSSR count). The van der Waals surface area contributed by atoms with Gasteiger partial charge in [0.2, 0.25) is 5.78 Å². The van der Waals surface area contributed by atoms with Crippen molar-refractivity contribution in [3.05, 3.63) is 52.8 Å². The fourth-order valence-electron chi connectivity index (χ4n) is 2.68. The van der Waals surface area contributed by atoms with E-state index in [1.165, 1.54) is 38.3 Å². The van der Waals surface area contributed by atoms with Crippen molar-refractivity contribution in [2.45, 2.75) is 31.5 Å². The first kappa shape index (κ1) is 20.9. The highest BCUT2D eigenvalue weighted by atomic mass is 32.2. The van der Waals surface area contributed by atoms with Crippen LogP contribution in [0.3, 0.4) is 0 Å². The summed E-state index contributed by atoms with van der Waals surface area (Å²) >= 11 is 0. The zero-order valence-electron chi connectivity index (χ0n) is 14.9. The van der Waals surface area contributed by atoms with Gasteiger partial charge in [-0.15, -0.1) is 0 Å². The number of benzene rings is 1. The molecule has 1 aromatic carbocycles. The molecule has 0 spiro atoms. The molecular weight excluding hydrogens is 383 g/mol. The maximum atomic E-state index is 12.7. The van der Waals surface area contributed by atoms with Gasteiger partial charge in [-0.05, 0) is 32.0 Å². The summed E-state index contributed by atoms with van der Waals surface area (Å²) in [7, 11) is -1.42. The minimum Gasteiger partial charge on any atom is -0.454 e. The normalized spacial score (nSPS) is 12.7. The van der Waals surface area contributed by atoms with E-state index in [4.69, 9.17) is 4.74 Å². The fraction of sp³-hybridized carbons (Fsp3) is 0.333. The number of carbonyl (C=O) groups excluding carboxylic acids is 2. The Morgan fingerprint density at radius 1 is 1.15 bits per heavy atom. The Morgan fingerprint density at radius 3 is 2.37 bits per heavy atom. The lowest BCUT2D eigenvalue weighted by atomic mass is 10.1. The lowest BCUT2D eigenvalue weighted by Gasteiger charge is -2.12. The molecule has 2 aromatic rings. The third-order valence-electron chi connectivity index (χ3n) is 3.96. The van der Waals surface area contributed by atoms with Gasteiger partial charge in [0.25, 0.3) is 0 Å². The number of esters is 1. The van der Waals surface area contributed by atoms with E-state index in [1.807, 2.05) is 0 Å². The zero-order chi connectivity index (χ0) is 20.4. The van der Waals surface area contributed by atoms with Crippen molar-refractivity contribution in [1.82, 2.24) is 4.57 Å². The van der Waals surface area contributed by atoms with Crippen LogP contribution in [0, 0.1) is 13.8 Å². The van der Waals surface area contributed by atoms with Crippen molar-refractivity contribution in [2.24, 2.45) is 0 Å². The molecule has 27 heavy (non-hydrogen) atoms. The van der Waals surface area contributed by atoms with Crippen LogP contribution < -0.4 is 0 Å². The molecule has 0 radical (unpaired) electrons. The van der Waals surface area contributed by atoms with Gasteiger partial charge in [-0.2, -0.15) is 13.2 Å². The number of ketones is 1. The summed E-state index contributed by atoms with van der Waals surface area (Å²) in [6.07, 6.45) is -3.01. The third-order valence-corrected chi connectivity index (χ3v) is 4.94. The number of carbonyl (C=O) groups is 2. The van der Waals surface area contributed by atoms with Crippen molar-refractivity contribution < 1.29 is 31.7 Å². The van der Waals surface area contributed by atoms with E-state index in [0.717, 1.165) is 4.57 Å². The van der Waals surface area contributed by atoms with E-state index in [0.29, 0.717) is 0 Å². The van der Waals surface area contributed by atoms with Crippen molar-refractivity contribution in [3.8, 4) is 0 Å². The topological polar surface area (TPSA) is 65.4 Å². The van der Waals surface area contributed by atoms with Crippen LogP contribution in [0.1, 0.15) is 32.1 Å². The second-order valence-electron chi connectivity index (χ2n) is 5.94. The predicted molar refractivity (Wildman–Crippen MR) is 93.3 cm³/mol. The van der Waals surface area contributed by atoms with Gasteiger partial charge in [0.15, 0.2) is 6.61 Å². The molecule has 0 N–H and O–H groups in total. The van der Waals surface area contributed by atoms with Crippen LogP contribution in [0.2, 0.25) is 0 Å². The highest BCUT2D eigenvalue weighted by molar-refractivity contribution is 7.84. The molecule has 1 aromatic heterocycles. The van der Waals surface area contributed by atoms with Crippen LogP contribution in [0.4, 0.5) is 13.2 Å². The quantitative estimate of drug-likeness (QED) is 0.549. The number of nitrogens with zero attached hydrogens (tertiary/aromatic N) is 1. The lowest BCUT2D eigenvalue weighted by molar-refractivity contribution is -0.141. The minimum atomic E-state index is -4.42. The number of alkyl halides is 3. The average molecular weight is 401 g/mol. The third kappa shape index (κ3) is 5.06. The summed E-state index contributed by atoms with van der Waals surface area (Å²) in [6, 6.07) is 7.47. The van der Waals surface area contributed by atoms with E-state index in [2.05, 4.69) is 0 Å². The summed E-state index contributed by atoms with van der Waals surface area (Å²) in [5.41, 5.74) is 0.581. The second kappa shape index (κ2) is 8.08. The average Bonchev–Trinajstić information content (AvgIpc) is 2.86. The van der Waals surface area contributed by atoms with E-state index in [-0.39, 0.29) is 27.4 Å². The second-order valence-corrected chi connectivity index (χ2v) is 7.28. The van der Waals surface area contributed by atoms with E-state index in [9.17, 15) is 27.0 Å². The van der Waals surface area contributed by atoms with Crippen LogP contribution in [-0.2, 0) is 22.1 Å². The number of halogens is 3. The van der Waals surface area contributed by atoms with Crippen LogP contribution in [0.25, 0.3) is 0 Å². The molecule has 0 unspecified atom stereocenters. The Morgan fingerprint density at radius 2 is 1.78 bits per heavy atom. The minimum absolute atomic E-state index is 0.0666. The van der Waals surface area contributed by atoms with Gasteiger partial charge >= 0.3 is 12.1 Å². The number of aromatic nitrogens is 1. The summed E-state index contributed by atoms with van der Waals surface area (Å²) in [6.45, 7) is 1.05. The van der Waals surface area contributed by atoms with Gasteiger partial charge in [0.05, 0.1) is 21.3 Å². The predicted octanol–water partition coefficient (Wildman–Crippen LogP) is 3.44. The first-order valence-corrected chi connectivity index (χ1v) is 9.43. The van der Waals surface area contributed by atoms with Crippen LogP contribution >= 0.6 is 0 Å². The fourth-order valence-corrected chi connectivity index (χ4v) is 3.41. The number of ether oxygens (including phenoxy) is 1. The van der Waals surface area contributed by atoms with Crippen molar-refractivity contribution in [3.63, 3.8) is 0 Å². The molecule has 9 heteroatoms. The molecule has 0 saturated heterocycles. The van der Waals surface area contributed by atoms with Gasteiger partial charge < -0.3 is 9.30 Å². The molecule has 0 amide bonds. The van der Waals surface area contributed by atoms with Crippen LogP contribution in [0.15, 0.2) is 35.2 Å². The van der Waals surface area contributed by atoms with E-state index < -0.39 is 41.9 Å². The Kier molecular flexibility index (Phi) is 6.25. The number of hydrogen-bond donors (Lipinski definition) is 0. The summed E-state index contributed by atoms with van der Waals surface area (Å²) in [5, 5.41) is 0. The largest absolute Gasteiger partial charge is 0.454 e. The zero-order valence-corrected chi connectivity index (χ0v) is 15.7. The standard InChI is InChI=1S/C18H18F3NO4S/c1-11-8-14(12(2)22(11)10-18(19,20)21)15(23)9-26-17(24)13-6-4-5-7-16(13)27(3)25/h4-8H,9-10H2,1-3H3/t27-/m0/s1. The Hall–Kier alpha value is -2.42. The molecule has 0 fully saturated rings. The van der Waals surface area contributed by atoms with Gasteiger partial charge in [-0.1, -0.05) is 12.1 Å². The number of rotatable bonds is 6. The molecule has 1 heterocycles. The van der Waals surface area contributed by atoms with Gasteiger partial charge in [-0.25, -0.2) is 4.79 Å². The molecule has 0 bridgehead atoms. The van der Waals surface area contributed by atoms with Gasteiger partial charge in [-0.3, -0.25) is 9.00 Å². The highest BCUT2D eigenvalue weighted by Crippen LogP contribution is 2.23. The van der Waals surface area contributed by atoms with Crippen LogP contribution in [-0.4, -0.2) is 39.6 Å². The first-order valence-electron chi connectivity index (χ1n) is 7.87. The highest BCUT2D eigenvalue weighted by Gasteiger charge is 2.30. The Labute approximate surface area is 156 Å². The number of Topliss-reactive ketones (excluding diaryl/α,β-unsaturated/α-hetero) is 1. The Balaban J connectivity index is 2.14. The maximum Gasteiger partial charge on any atom is 0.406 e.